The van der Waals surface area contributed by atoms with Crippen molar-refractivity contribution in [1.29, 1.82) is 0 Å². The van der Waals surface area contributed by atoms with Crippen molar-refractivity contribution in [3.63, 3.8) is 0 Å². The van der Waals surface area contributed by atoms with Gasteiger partial charge < -0.3 is 20.4 Å². The second kappa shape index (κ2) is 4.40. The third-order valence-electron chi connectivity index (χ3n) is 1.17. The van der Waals surface area contributed by atoms with Gasteiger partial charge in [0.1, 0.15) is 18.3 Å². The van der Waals surface area contributed by atoms with Crippen LogP contribution in [0, 0.1) is 0 Å². The summed E-state index contributed by atoms with van der Waals surface area (Å²) in [6.07, 6.45) is -2.78. The molecule has 0 aromatic heterocycles. The summed E-state index contributed by atoms with van der Waals surface area (Å²) in [4.78, 5) is 0. The van der Waals surface area contributed by atoms with E-state index in [4.69, 9.17) is 20.4 Å². The lowest BCUT2D eigenvalue weighted by molar-refractivity contribution is -0.0609. The van der Waals surface area contributed by atoms with Gasteiger partial charge in [-0.3, -0.25) is 0 Å². The Morgan fingerprint density at radius 1 is 1.30 bits per heavy atom. The second-order valence-electron chi connectivity index (χ2n) is 1.97. The topological polar surface area (TPSA) is 80.9 Å². The van der Waals surface area contributed by atoms with Crippen LogP contribution in [-0.2, 0) is 0 Å². The van der Waals surface area contributed by atoms with Gasteiger partial charge in [0.2, 0.25) is 0 Å². The van der Waals surface area contributed by atoms with Gasteiger partial charge in [0.05, 0.1) is 6.61 Å². The third kappa shape index (κ3) is 2.45. The Morgan fingerprint density at radius 3 is 2.10 bits per heavy atom. The first-order valence-corrected chi connectivity index (χ1v) is 2.91. The van der Waals surface area contributed by atoms with Crippen molar-refractivity contribution in [2.24, 2.45) is 0 Å². The van der Waals surface area contributed by atoms with E-state index in [0.29, 0.717) is 0 Å². The summed E-state index contributed by atoms with van der Waals surface area (Å²) in [5.74, 6) is 0. The molecule has 0 unspecified atom stereocenters. The molecular weight excluding hydrogens is 136 g/mol. The first-order chi connectivity index (χ1) is 4.63. The Kier molecular flexibility index (Phi) is 4.22. The molecule has 0 aliphatic rings. The van der Waals surface area contributed by atoms with Crippen LogP contribution in [0.2, 0.25) is 0 Å². The SMILES string of the molecule is C=C[C@@H](O)[C@H](O)[C@@H](O)CO. The van der Waals surface area contributed by atoms with E-state index in [2.05, 4.69) is 6.58 Å². The average Bonchev–Trinajstić information content (AvgIpc) is 2.00. The Bertz CT molecular complexity index is 104. The highest BCUT2D eigenvalue weighted by Gasteiger charge is 2.20. The van der Waals surface area contributed by atoms with Crippen LogP contribution in [-0.4, -0.2) is 45.3 Å². The molecule has 0 amide bonds. The number of rotatable bonds is 4. The van der Waals surface area contributed by atoms with Crippen LogP contribution in [0.25, 0.3) is 0 Å². The van der Waals surface area contributed by atoms with Gasteiger partial charge in [-0.05, 0) is 0 Å². The number of aliphatic hydroxyl groups excluding tert-OH is 4. The second-order valence-corrected chi connectivity index (χ2v) is 1.97. The highest BCUT2D eigenvalue weighted by Crippen LogP contribution is 1.99. The molecule has 4 heteroatoms. The highest BCUT2D eigenvalue weighted by molar-refractivity contribution is 4.87. The zero-order chi connectivity index (χ0) is 8.15. The van der Waals surface area contributed by atoms with E-state index in [1.807, 2.05) is 0 Å². The molecule has 0 saturated carbocycles. The summed E-state index contributed by atoms with van der Waals surface area (Å²) in [6.45, 7) is 2.62. The lowest BCUT2D eigenvalue weighted by Crippen LogP contribution is -2.38. The molecule has 4 N–H and O–H groups in total. The maximum Gasteiger partial charge on any atom is 0.112 e. The van der Waals surface area contributed by atoms with Crippen molar-refractivity contribution in [1.82, 2.24) is 0 Å². The number of hydrogen-bond donors (Lipinski definition) is 4. The molecule has 0 saturated heterocycles. The van der Waals surface area contributed by atoms with Gasteiger partial charge in [0.15, 0.2) is 0 Å². The van der Waals surface area contributed by atoms with E-state index in [1.54, 1.807) is 0 Å². The number of hydrogen-bond acceptors (Lipinski definition) is 4. The van der Waals surface area contributed by atoms with Gasteiger partial charge in [0, 0.05) is 0 Å². The predicted molar refractivity (Wildman–Crippen MR) is 35.3 cm³/mol. The van der Waals surface area contributed by atoms with E-state index in [0.717, 1.165) is 6.08 Å². The minimum absolute atomic E-state index is 0.577. The van der Waals surface area contributed by atoms with Gasteiger partial charge in [-0.15, -0.1) is 6.58 Å². The van der Waals surface area contributed by atoms with Crippen LogP contribution >= 0.6 is 0 Å². The van der Waals surface area contributed by atoms with Crippen LogP contribution in [0.15, 0.2) is 12.7 Å². The molecule has 4 nitrogen and oxygen atoms in total. The zero-order valence-corrected chi connectivity index (χ0v) is 5.51. The quantitative estimate of drug-likeness (QED) is 0.356. The van der Waals surface area contributed by atoms with E-state index >= 15 is 0 Å². The summed E-state index contributed by atoms with van der Waals surface area (Å²) < 4.78 is 0. The maximum absolute atomic E-state index is 8.85. The van der Waals surface area contributed by atoms with Crippen LogP contribution in [0.3, 0.4) is 0 Å². The standard InChI is InChI=1S/C6H12O4/c1-2-4(8)6(10)5(9)3-7/h2,4-10H,1,3H2/t4-,5+,6+/m1/s1. The zero-order valence-electron chi connectivity index (χ0n) is 5.51. The highest BCUT2D eigenvalue weighted by atomic mass is 16.4. The smallest absolute Gasteiger partial charge is 0.112 e. The Labute approximate surface area is 59.1 Å². The molecule has 0 rings (SSSR count). The lowest BCUT2D eigenvalue weighted by atomic mass is 10.1. The molecule has 0 aromatic carbocycles. The first kappa shape index (κ1) is 9.58. The van der Waals surface area contributed by atoms with E-state index < -0.39 is 24.9 Å². The predicted octanol–water partition coefficient (Wildman–Crippen LogP) is -1.75. The summed E-state index contributed by atoms with van der Waals surface area (Å²) >= 11 is 0. The molecule has 0 spiro atoms. The Balaban J connectivity index is 3.80. The van der Waals surface area contributed by atoms with Crippen LogP contribution in [0.5, 0.6) is 0 Å². The van der Waals surface area contributed by atoms with Crippen LogP contribution in [0.4, 0.5) is 0 Å². The molecule has 0 aliphatic carbocycles. The van der Waals surface area contributed by atoms with Gasteiger partial charge >= 0.3 is 0 Å². The molecule has 0 fully saturated rings. The fourth-order valence-electron chi connectivity index (χ4n) is 0.475. The lowest BCUT2D eigenvalue weighted by Gasteiger charge is -2.18. The van der Waals surface area contributed by atoms with E-state index in [1.165, 1.54) is 0 Å². The van der Waals surface area contributed by atoms with E-state index in [-0.39, 0.29) is 0 Å². The Hall–Kier alpha value is -0.420. The average molecular weight is 148 g/mol. The summed E-state index contributed by atoms with van der Waals surface area (Å²) in [6, 6.07) is 0. The molecule has 0 aromatic rings. The maximum atomic E-state index is 8.85. The van der Waals surface area contributed by atoms with Gasteiger partial charge in [-0.1, -0.05) is 6.08 Å². The molecule has 10 heavy (non-hydrogen) atoms. The molecule has 0 aliphatic heterocycles. The Morgan fingerprint density at radius 2 is 1.80 bits per heavy atom. The normalized spacial score (nSPS) is 19.6. The number of aliphatic hydroxyl groups is 4. The van der Waals surface area contributed by atoms with Crippen molar-refractivity contribution in [2.75, 3.05) is 6.61 Å². The molecule has 0 radical (unpaired) electrons. The van der Waals surface area contributed by atoms with E-state index in [9.17, 15) is 0 Å². The molecular formula is C6H12O4. The summed E-state index contributed by atoms with van der Waals surface area (Å²) in [7, 11) is 0. The third-order valence-corrected chi connectivity index (χ3v) is 1.17. The summed E-state index contributed by atoms with van der Waals surface area (Å²) in [5.41, 5.74) is 0. The first-order valence-electron chi connectivity index (χ1n) is 2.91. The van der Waals surface area contributed by atoms with Gasteiger partial charge in [0.25, 0.3) is 0 Å². The fourth-order valence-corrected chi connectivity index (χ4v) is 0.475. The van der Waals surface area contributed by atoms with Crippen molar-refractivity contribution in [3.8, 4) is 0 Å². The molecule has 3 atom stereocenters. The molecule has 0 heterocycles. The van der Waals surface area contributed by atoms with Crippen molar-refractivity contribution in [3.05, 3.63) is 12.7 Å². The van der Waals surface area contributed by atoms with Crippen molar-refractivity contribution < 1.29 is 20.4 Å². The fraction of sp³-hybridized carbons (Fsp3) is 0.667. The van der Waals surface area contributed by atoms with Crippen molar-refractivity contribution >= 4 is 0 Å². The van der Waals surface area contributed by atoms with Crippen LogP contribution < -0.4 is 0 Å². The minimum Gasteiger partial charge on any atom is -0.394 e. The van der Waals surface area contributed by atoms with Gasteiger partial charge in [-0.2, -0.15) is 0 Å². The van der Waals surface area contributed by atoms with Crippen molar-refractivity contribution in [2.45, 2.75) is 18.3 Å². The summed E-state index contributed by atoms with van der Waals surface area (Å²) in [5, 5.41) is 34.7. The molecule has 0 bridgehead atoms. The van der Waals surface area contributed by atoms with Crippen LogP contribution in [0.1, 0.15) is 0 Å². The van der Waals surface area contributed by atoms with Gasteiger partial charge in [-0.25, -0.2) is 0 Å². The largest absolute Gasteiger partial charge is 0.394 e. The minimum atomic E-state index is -1.36. The monoisotopic (exact) mass is 148 g/mol. The molecule has 60 valence electrons.